The number of carbonyl (C=O) groups is 1. The van der Waals surface area contributed by atoms with Crippen molar-refractivity contribution in [3.05, 3.63) is 83.1 Å². The second-order valence-electron chi connectivity index (χ2n) is 6.81. The third-order valence-electron chi connectivity index (χ3n) is 4.93. The van der Waals surface area contributed by atoms with Gasteiger partial charge in [-0.15, -0.1) is 0 Å². The van der Waals surface area contributed by atoms with Crippen molar-refractivity contribution in [3.8, 4) is 28.7 Å². The molecule has 0 amide bonds. The number of hydrogen-bond donors (Lipinski definition) is 0. The van der Waals surface area contributed by atoms with Crippen LogP contribution in [-0.2, 0) is 6.61 Å². The lowest BCUT2D eigenvalue weighted by Crippen LogP contribution is -1.99. The lowest BCUT2D eigenvalue weighted by atomic mass is 10.1. The Kier molecular flexibility index (Phi) is 5.80. The number of methoxy groups -OCH3 is 3. The Morgan fingerprint density at radius 1 is 0.839 bits per heavy atom. The van der Waals surface area contributed by atoms with E-state index in [1.807, 2.05) is 30.3 Å². The van der Waals surface area contributed by atoms with Crippen LogP contribution in [0.5, 0.6) is 28.7 Å². The minimum absolute atomic E-state index is 0.180. The van der Waals surface area contributed by atoms with Gasteiger partial charge >= 0.3 is 0 Å². The molecule has 1 heterocycles. The first-order valence-electron chi connectivity index (χ1n) is 9.68. The van der Waals surface area contributed by atoms with Gasteiger partial charge in [0.25, 0.3) is 0 Å². The molecule has 0 saturated heterocycles. The van der Waals surface area contributed by atoms with E-state index in [0.717, 1.165) is 16.9 Å². The van der Waals surface area contributed by atoms with E-state index < -0.39 is 0 Å². The fraction of sp³-hybridized carbons (Fsp3) is 0.160. The topological polar surface area (TPSA) is 63.2 Å². The average molecular weight is 418 g/mol. The molecular weight excluding hydrogens is 396 g/mol. The predicted octanol–water partition coefficient (Wildman–Crippen LogP) is 4.91. The first-order chi connectivity index (χ1) is 15.1. The molecule has 0 spiro atoms. The van der Waals surface area contributed by atoms with Crippen LogP contribution < -0.4 is 23.7 Å². The number of para-hydroxylation sites is 1. The molecule has 6 heteroatoms. The number of allylic oxidation sites excluding steroid dienone is 1. The maximum absolute atomic E-state index is 12.7. The van der Waals surface area contributed by atoms with Gasteiger partial charge in [-0.1, -0.05) is 24.3 Å². The van der Waals surface area contributed by atoms with Crippen LogP contribution in [0.1, 0.15) is 21.5 Å². The number of rotatable bonds is 7. The van der Waals surface area contributed by atoms with E-state index in [9.17, 15) is 4.79 Å². The summed E-state index contributed by atoms with van der Waals surface area (Å²) in [5, 5.41) is 0. The van der Waals surface area contributed by atoms with E-state index in [0.29, 0.717) is 35.2 Å². The van der Waals surface area contributed by atoms with Crippen LogP contribution >= 0.6 is 0 Å². The van der Waals surface area contributed by atoms with Gasteiger partial charge in [0.15, 0.2) is 17.3 Å². The van der Waals surface area contributed by atoms with Crippen LogP contribution in [0.4, 0.5) is 0 Å². The second-order valence-corrected chi connectivity index (χ2v) is 6.81. The monoisotopic (exact) mass is 418 g/mol. The summed E-state index contributed by atoms with van der Waals surface area (Å²) >= 11 is 0. The standard InChI is InChI=1S/C25H22O6/c1-27-20-7-5-4-6-17(20)15-30-18-9-10-19-22(14-18)31-24(25(19)26)13-16-8-11-21(28-2)23(12-16)29-3/h4-14H,15H2,1-3H3/b24-13-. The van der Waals surface area contributed by atoms with Gasteiger partial charge < -0.3 is 23.7 Å². The van der Waals surface area contributed by atoms with Crippen LogP contribution in [0.3, 0.4) is 0 Å². The number of ether oxygens (including phenoxy) is 5. The molecule has 3 aromatic carbocycles. The Hall–Kier alpha value is -3.93. The van der Waals surface area contributed by atoms with Gasteiger partial charge in [0.1, 0.15) is 23.9 Å². The molecule has 31 heavy (non-hydrogen) atoms. The average Bonchev–Trinajstić information content (AvgIpc) is 3.12. The van der Waals surface area contributed by atoms with E-state index in [-0.39, 0.29) is 11.5 Å². The molecule has 1 aliphatic heterocycles. The molecule has 0 atom stereocenters. The largest absolute Gasteiger partial charge is 0.496 e. The maximum Gasteiger partial charge on any atom is 0.231 e. The van der Waals surface area contributed by atoms with Crippen LogP contribution in [0.15, 0.2) is 66.4 Å². The molecule has 0 bridgehead atoms. The molecular formula is C25H22O6. The van der Waals surface area contributed by atoms with Gasteiger partial charge in [-0.05, 0) is 42.0 Å². The molecule has 0 fully saturated rings. The van der Waals surface area contributed by atoms with Crippen molar-refractivity contribution in [1.29, 1.82) is 0 Å². The number of carbonyl (C=O) groups excluding carboxylic acids is 1. The zero-order chi connectivity index (χ0) is 21.8. The molecule has 0 radical (unpaired) electrons. The number of fused-ring (bicyclic) bond motifs is 1. The Morgan fingerprint density at radius 3 is 2.39 bits per heavy atom. The Balaban J connectivity index is 1.52. The molecule has 1 aliphatic rings. The highest BCUT2D eigenvalue weighted by Crippen LogP contribution is 2.36. The van der Waals surface area contributed by atoms with E-state index in [1.54, 1.807) is 57.7 Å². The fourth-order valence-corrected chi connectivity index (χ4v) is 3.33. The smallest absolute Gasteiger partial charge is 0.231 e. The highest BCUT2D eigenvalue weighted by molar-refractivity contribution is 6.14. The maximum atomic E-state index is 12.7. The molecule has 3 aromatic rings. The summed E-state index contributed by atoms with van der Waals surface area (Å²) in [5.41, 5.74) is 2.19. The molecule has 0 saturated carbocycles. The summed E-state index contributed by atoms with van der Waals surface area (Å²) in [6.45, 7) is 0.338. The van der Waals surface area contributed by atoms with Gasteiger partial charge in [-0.2, -0.15) is 0 Å². The Bertz CT molecular complexity index is 1150. The van der Waals surface area contributed by atoms with Gasteiger partial charge in [0.05, 0.1) is 26.9 Å². The van der Waals surface area contributed by atoms with E-state index in [1.165, 1.54) is 0 Å². The van der Waals surface area contributed by atoms with Crippen LogP contribution in [0.2, 0.25) is 0 Å². The third kappa shape index (κ3) is 4.19. The van der Waals surface area contributed by atoms with Gasteiger partial charge in [0, 0.05) is 11.6 Å². The minimum atomic E-state index is -0.180. The van der Waals surface area contributed by atoms with Crippen LogP contribution in [-0.4, -0.2) is 27.1 Å². The van der Waals surface area contributed by atoms with E-state index in [2.05, 4.69) is 0 Å². The SMILES string of the molecule is COc1ccccc1COc1ccc2c(c1)O/C(=C\c1ccc(OC)c(OC)c1)C2=O. The van der Waals surface area contributed by atoms with Gasteiger partial charge in [-0.25, -0.2) is 0 Å². The zero-order valence-corrected chi connectivity index (χ0v) is 17.5. The highest BCUT2D eigenvalue weighted by Gasteiger charge is 2.28. The summed E-state index contributed by atoms with van der Waals surface area (Å²) in [4.78, 5) is 12.7. The summed E-state index contributed by atoms with van der Waals surface area (Å²) < 4.78 is 27.6. The number of Topliss-reactive ketones (excluding diaryl/α,β-unsaturated/α-hetero) is 1. The fourth-order valence-electron chi connectivity index (χ4n) is 3.33. The van der Waals surface area contributed by atoms with Crippen LogP contribution in [0, 0.1) is 0 Å². The van der Waals surface area contributed by atoms with Crippen molar-refractivity contribution < 1.29 is 28.5 Å². The van der Waals surface area contributed by atoms with Crippen molar-refractivity contribution in [2.45, 2.75) is 6.61 Å². The lowest BCUT2D eigenvalue weighted by molar-refractivity contribution is 0.101. The number of hydrogen-bond acceptors (Lipinski definition) is 6. The Labute approximate surface area is 180 Å². The minimum Gasteiger partial charge on any atom is -0.496 e. The molecule has 6 nitrogen and oxygen atoms in total. The summed E-state index contributed by atoms with van der Waals surface area (Å²) in [6, 6.07) is 18.2. The Morgan fingerprint density at radius 2 is 1.61 bits per heavy atom. The molecule has 4 rings (SSSR count). The number of benzene rings is 3. The first-order valence-corrected chi connectivity index (χ1v) is 9.68. The predicted molar refractivity (Wildman–Crippen MR) is 116 cm³/mol. The first kappa shape index (κ1) is 20.3. The van der Waals surface area contributed by atoms with Crippen molar-refractivity contribution in [2.75, 3.05) is 21.3 Å². The molecule has 0 N–H and O–H groups in total. The highest BCUT2D eigenvalue weighted by atomic mass is 16.5. The normalized spacial score (nSPS) is 13.5. The quantitative estimate of drug-likeness (QED) is 0.508. The lowest BCUT2D eigenvalue weighted by Gasteiger charge is -2.10. The second kappa shape index (κ2) is 8.83. The van der Waals surface area contributed by atoms with Gasteiger partial charge in [-0.3, -0.25) is 4.79 Å². The van der Waals surface area contributed by atoms with E-state index >= 15 is 0 Å². The summed E-state index contributed by atoms with van der Waals surface area (Å²) in [7, 11) is 4.76. The van der Waals surface area contributed by atoms with Crippen molar-refractivity contribution >= 4 is 11.9 Å². The molecule has 158 valence electrons. The molecule has 0 aliphatic carbocycles. The third-order valence-corrected chi connectivity index (χ3v) is 4.93. The van der Waals surface area contributed by atoms with Crippen molar-refractivity contribution in [3.63, 3.8) is 0 Å². The zero-order valence-electron chi connectivity index (χ0n) is 17.5. The molecule has 0 aromatic heterocycles. The van der Waals surface area contributed by atoms with Crippen molar-refractivity contribution in [2.24, 2.45) is 0 Å². The molecule has 0 unspecified atom stereocenters. The number of ketones is 1. The summed E-state index contributed by atoms with van der Waals surface area (Å²) in [5.74, 6) is 3.08. The van der Waals surface area contributed by atoms with Gasteiger partial charge in [0.2, 0.25) is 5.78 Å². The van der Waals surface area contributed by atoms with Crippen LogP contribution in [0.25, 0.3) is 6.08 Å². The van der Waals surface area contributed by atoms with Crippen molar-refractivity contribution in [1.82, 2.24) is 0 Å². The summed E-state index contributed by atoms with van der Waals surface area (Å²) in [6.07, 6.45) is 1.68. The van der Waals surface area contributed by atoms with E-state index in [4.69, 9.17) is 23.7 Å².